The van der Waals surface area contributed by atoms with Crippen molar-refractivity contribution in [1.82, 2.24) is 5.32 Å². The molecular weight excluding hydrogens is 230 g/mol. The zero-order valence-corrected chi connectivity index (χ0v) is 10.9. The van der Waals surface area contributed by atoms with Gasteiger partial charge in [0.05, 0.1) is 13.2 Å². The molecule has 1 saturated heterocycles. The highest BCUT2D eigenvalue weighted by Gasteiger charge is 2.42. The van der Waals surface area contributed by atoms with Gasteiger partial charge in [0.15, 0.2) is 11.7 Å². The molecule has 102 valence electrons. The van der Waals surface area contributed by atoms with Gasteiger partial charge in [0.2, 0.25) is 0 Å². The lowest BCUT2D eigenvalue weighted by molar-refractivity contribution is -0.186. The van der Waals surface area contributed by atoms with Gasteiger partial charge in [-0.15, -0.1) is 0 Å². The fraction of sp³-hybridized carbons (Fsp3) is 0.923. The van der Waals surface area contributed by atoms with E-state index in [1.54, 1.807) is 0 Å². The number of rotatable bonds is 3. The van der Waals surface area contributed by atoms with Crippen molar-refractivity contribution < 1.29 is 9.47 Å². The molecule has 3 fully saturated rings. The molecule has 3 aliphatic rings. The normalized spacial score (nSPS) is 31.8. The smallest absolute Gasteiger partial charge is 0.188 e. The van der Waals surface area contributed by atoms with E-state index >= 15 is 0 Å². The lowest BCUT2D eigenvalue weighted by Gasteiger charge is -2.31. The number of nitrogens with one attached hydrogen (secondary N) is 1. The summed E-state index contributed by atoms with van der Waals surface area (Å²) in [5.41, 5.74) is 5.81. The maximum atomic E-state index is 6.05. The summed E-state index contributed by atoms with van der Waals surface area (Å²) in [4.78, 5) is 4.34. The highest BCUT2D eigenvalue weighted by molar-refractivity contribution is 5.78. The maximum absolute atomic E-state index is 6.05. The zero-order valence-electron chi connectivity index (χ0n) is 10.9. The third kappa shape index (κ3) is 2.95. The molecule has 1 spiro atoms. The van der Waals surface area contributed by atoms with Crippen LogP contribution in [0, 0.1) is 0 Å². The molecule has 0 bridgehead atoms. The highest BCUT2D eigenvalue weighted by atomic mass is 16.7. The number of nitrogens with zero attached hydrogens (tertiary/aromatic N) is 1. The third-order valence-electron chi connectivity index (χ3n) is 3.92. The molecule has 1 unspecified atom stereocenters. The number of nitrogens with two attached hydrogens (primary N) is 1. The van der Waals surface area contributed by atoms with Gasteiger partial charge in [-0.2, -0.15) is 0 Å². The first kappa shape index (κ1) is 12.2. The van der Waals surface area contributed by atoms with Crippen molar-refractivity contribution in [2.45, 2.75) is 62.9 Å². The largest absolute Gasteiger partial charge is 0.370 e. The van der Waals surface area contributed by atoms with Gasteiger partial charge in [-0.25, -0.2) is 0 Å². The molecule has 1 atom stereocenters. The molecule has 3 rings (SSSR count). The Kier molecular flexibility index (Phi) is 3.43. The van der Waals surface area contributed by atoms with E-state index in [9.17, 15) is 0 Å². The second kappa shape index (κ2) is 5.05. The van der Waals surface area contributed by atoms with E-state index in [2.05, 4.69) is 10.3 Å². The molecule has 2 saturated carbocycles. The molecule has 5 nitrogen and oxygen atoms in total. The van der Waals surface area contributed by atoms with Gasteiger partial charge >= 0.3 is 0 Å². The number of ether oxygens (including phenoxy) is 2. The van der Waals surface area contributed by atoms with Gasteiger partial charge < -0.3 is 20.5 Å². The Morgan fingerprint density at radius 1 is 1.28 bits per heavy atom. The van der Waals surface area contributed by atoms with Crippen LogP contribution in [0.5, 0.6) is 0 Å². The minimum atomic E-state index is -0.295. The Morgan fingerprint density at radius 3 is 2.78 bits per heavy atom. The van der Waals surface area contributed by atoms with Crippen LogP contribution < -0.4 is 11.1 Å². The monoisotopic (exact) mass is 253 g/mol. The van der Waals surface area contributed by atoms with E-state index in [1.807, 2.05) is 0 Å². The molecule has 1 heterocycles. The van der Waals surface area contributed by atoms with Gasteiger partial charge in [-0.1, -0.05) is 6.42 Å². The lowest BCUT2D eigenvalue weighted by atomic mass is 9.94. The molecule has 2 aliphatic carbocycles. The van der Waals surface area contributed by atoms with Gasteiger partial charge in [0.1, 0.15) is 6.10 Å². The quantitative estimate of drug-likeness (QED) is 0.584. The van der Waals surface area contributed by atoms with Crippen molar-refractivity contribution in [2.24, 2.45) is 10.7 Å². The van der Waals surface area contributed by atoms with Crippen LogP contribution in [-0.2, 0) is 9.47 Å². The van der Waals surface area contributed by atoms with Crippen molar-refractivity contribution in [1.29, 1.82) is 0 Å². The minimum absolute atomic E-state index is 0.0719. The van der Waals surface area contributed by atoms with Crippen LogP contribution in [0.4, 0.5) is 0 Å². The summed E-state index contributed by atoms with van der Waals surface area (Å²) in [5, 5.41) is 3.18. The van der Waals surface area contributed by atoms with Crippen LogP contribution >= 0.6 is 0 Å². The summed E-state index contributed by atoms with van der Waals surface area (Å²) < 4.78 is 11.9. The lowest BCUT2D eigenvalue weighted by Crippen LogP contribution is -2.35. The average molecular weight is 253 g/mol. The Morgan fingerprint density at radius 2 is 2.06 bits per heavy atom. The second-order valence-corrected chi connectivity index (χ2v) is 5.67. The summed E-state index contributed by atoms with van der Waals surface area (Å²) in [6, 6.07) is 0.555. The summed E-state index contributed by atoms with van der Waals surface area (Å²) in [6.45, 7) is 1.26. The first-order valence-corrected chi connectivity index (χ1v) is 7.14. The molecule has 0 aromatic rings. The molecule has 5 heteroatoms. The Labute approximate surface area is 108 Å². The van der Waals surface area contributed by atoms with Crippen LogP contribution in [-0.4, -0.2) is 37.0 Å². The Balaban J connectivity index is 1.46. The van der Waals surface area contributed by atoms with Gasteiger partial charge in [0, 0.05) is 18.9 Å². The molecule has 0 amide bonds. The molecular formula is C13H23N3O2. The topological polar surface area (TPSA) is 68.9 Å². The van der Waals surface area contributed by atoms with Crippen LogP contribution in [0.25, 0.3) is 0 Å². The number of hydrogen-bond donors (Lipinski definition) is 2. The van der Waals surface area contributed by atoms with Crippen molar-refractivity contribution in [3.63, 3.8) is 0 Å². The van der Waals surface area contributed by atoms with Crippen molar-refractivity contribution >= 4 is 5.96 Å². The molecule has 0 aromatic carbocycles. The third-order valence-corrected chi connectivity index (χ3v) is 3.92. The average Bonchev–Trinajstić information content (AvgIpc) is 3.10. The van der Waals surface area contributed by atoms with Gasteiger partial charge in [0.25, 0.3) is 0 Å². The predicted molar refractivity (Wildman–Crippen MR) is 69.3 cm³/mol. The van der Waals surface area contributed by atoms with Crippen LogP contribution in [0.2, 0.25) is 0 Å². The maximum Gasteiger partial charge on any atom is 0.188 e. The fourth-order valence-corrected chi connectivity index (χ4v) is 2.74. The predicted octanol–water partition coefficient (Wildman–Crippen LogP) is 1.13. The first-order valence-electron chi connectivity index (χ1n) is 7.14. The second-order valence-electron chi connectivity index (χ2n) is 5.67. The van der Waals surface area contributed by atoms with E-state index in [1.165, 1.54) is 32.1 Å². The van der Waals surface area contributed by atoms with Crippen molar-refractivity contribution in [3.8, 4) is 0 Å². The molecule has 3 N–H and O–H groups in total. The molecule has 1 aliphatic heterocycles. The minimum Gasteiger partial charge on any atom is -0.370 e. The van der Waals surface area contributed by atoms with Crippen molar-refractivity contribution in [3.05, 3.63) is 0 Å². The summed E-state index contributed by atoms with van der Waals surface area (Å²) in [6.07, 6.45) is 8.28. The molecule has 18 heavy (non-hydrogen) atoms. The number of guanidine groups is 1. The first-order chi connectivity index (χ1) is 8.76. The highest BCUT2D eigenvalue weighted by Crippen LogP contribution is 2.37. The summed E-state index contributed by atoms with van der Waals surface area (Å²) >= 11 is 0. The van der Waals surface area contributed by atoms with Crippen LogP contribution in [0.3, 0.4) is 0 Å². The summed E-state index contributed by atoms with van der Waals surface area (Å²) in [7, 11) is 0. The van der Waals surface area contributed by atoms with E-state index < -0.39 is 0 Å². The molecule has 0 radical (unpaired) electrons. The van der Waals surface area contributed by atoms with Gasteiger partial charge in [-0.3, -0.25) is 4.99 Å². The van der Waals surface area contributed by atoms with Crippen LogP contribution in [0.1, 0.15) is 44.9 Å². The van der Waals surface area contributed by atoms with Gasteiger partial charge in [-0.05, 0) is 25.7 Å². The van der Waals surface area contributed by atoms with E-state index in [-0.39, 0.29) is 11.9 Å². The van der Waals surface area contributed by atoms with E-state index in [0.717, 1.165) is 12.8 Å². The summed E-state index contributed by atoms with van der Waals surface area (Å²) in [5.74, 6) is 0.252. The van der Waals surface area contributed by atoms with Crippen LogP contribution in [0.15, 0.2) is 4.99 Å². The van der Waals surface area contributed by atoms with E-state index in [4.69, 9.17) is 15.2 Å². The number of aliphatic imine (C=N–C) groups is 1. The molecule has 0 aromatic heterocycles. The Bertz CT molecular complexity index is 322. The SMILES string of the molecule is NC(=NCC1COC2(CCCCC2)O1)NC1CC1. The number of hydrogen-bond acceptors (Lipinski definition) is 3. The Hall–Kier alpha value is -0.810. The fourth-order valence-electron chi connectivity index (χ4n) is 2.74. The zero-order chi connectivity index (χ0) is 12.4. The van der Waals surface area contributed by atoms with E-state index in [0.29, 0.717) is 25.2 Å². The standard InChI is InChI=1S/C13H23N3O2/c14-12(16-10-4-5-10)15-8-11-9-17-13(18-11)6-2-1-3-7-13/h10-11H,1-9H2,(H3,14,15,16). The van der Waals surface area contributed by atoms with Crippen molar-refractivity contribution in [2.75, 3.05) is 13.2 Å².